The zero-order valence-electron chi connectivity index (χ0n) is 11.9. The van der Waals surface area contributed by atoms with E-state index in [9.17, 15) is 8.78 Å². The second-order valence-corrected chi connectivity index (χ2v) is 6.77. The highest BCUT2D eigenvalue weighted by Crippen LogP contribution is 2.44. The van der Waals surface area contributed by atoms with Crippen LogP contribution in [0.25, 0.3) is 0 Å². The lowest BCUT2D eigenvalue weighted by Gasteiger charge is -2.29. The Bertz CT molecular complexity index is 456. The van der Waals surface area contributed by atoms with Crippen LogP contribution in [-0.4, -0.2) is 13.6 Å². The molecule has 0 radical (unpaired) electrons. The molecule has 0 aromatic heterocycles. The van der Waals surface area contributed by atoms with Gasteiger partial charge >= 0.3 is 0 Å². The van der Waals surface area contributed by atoms with Crippen LogP contribution in [-0.2, 0) is 6.42 Å². The van der Waals surface area contributed by atoms with Crippen molar-refractivity contribution in [2.75, 3.05) is 13.6 Å². The van der Waals surface area contributed by atoms with Gasteiger partial charge in [0.05, 0.1) is 4.47 Å². The molecular formula is C16H22BrF2N. The summed E-state index contributed by atoms with van der Waals surface area (Å²) >= 11 is 3.02. The fourth-order valence-corrected chi connectivity index (χ4v) is 3.61. The summed E-state index contributed by atoms with van der Waals surface area (Å²) in [6.07, 6.45) is 7.67. The Morgan fingerprint density at radius 2 is 1.85 bits per heavy atom. The van der Waals surface area contributed by atoms with Gasteiger partial charge in [0, 0.05) is 0 Å². The van der Waals surface area contributed by atoms with Gasteiger partial charge in [-0.2, -0.15) is 0 Å². The van der Waals surface area contributed by atoms with Crippen LogP contribution in [0.5, 0.6) is 0 Å². The van der Waals surface area contributed by atoms with Crippen LogP contribution in [0.2, 0.25) is 0 Å². The Balaban J connectivity index is 2.04. The average molecular weight is 346 g/mol. The second-order valence-electron chi connectivity index (χ2n) is 5.92. The quantitative estimate of drug-likeness (QED) is 0.728. The molecule has 1 saturated carbocycles. The molecule has 0 atom stereocenters. The fraction of sp³-hybridized carbons (Fsp3) is 0.625. The molecule has 0 unspecified atom stereocenters. The van der Waals surface area contributed by atoms with Gasteiger partial charge < -0.3 is 5.32 Å². The fourth-order valence-electron chi connectivity index (χ4n) is 3.30. The highest BCUT2D eigenvalue weighted by Gasteiger charge is 2.32. The van der Waals surface area contributed by atoms with Crippen LogP contribution >= 0.6 is 15.9 Å². The monoisotopic (exact) mass is 345 g/mol. The van der Waals surface area contributed by atoms with E-state index in [4.69, 9.17) is 0 Å². The lowest BCUT2D eigenvalue weighted by atomic mass is 9.77. The third-order valence-corrected chi connectivity index (χ3v) is 5.19. The van der Waals surface area contributed by atoms with Crippen molar-refractivity contribution in [1.82, 2.24) is 5.32 Å². The molecule has 0 saturated heterocycles. The van der Waals surface area contributed by atoms with E-state index in [1.54, 1.807) is 0 Å². The zero-order chi connectivity index (χ0) is 14.6. The van der Waals surface area contributed by atoms with Gasteiger partial charge in [-0.3, -0.25) is 0 Å². The van der Waals surface area contributed by atoms with Crippen molar-refractivity contribution in [2.24, 2.45) is 5.41 Å². The normalized spacial score (nSPS) is 17.6. The first-order chi connectivity index (χ1) is 9.56. The summed E-state index contributed by atoms with van der Waals surface area (Å²) in [5.41, 5.74) is 0.820. The minimum atomic E-state index is -0.378. The Hall–Kier alpha value is -0.480. The molecule has 2 rings (SSSR count). The van der Waals surface area contributed by atoms with Crippen molar-refractivity contribution in [3.8, 4) is 0 Å². The molecule has 1 aromatic rings. The summed E-state index contributed by atoms with van der Waals surface area (Å²) in [7, 11) is 1.96. The zero-order valence-corrected chi connectivity index (χ0v) is 13.5. The first-order valence-corrected chi connectivity index (χ1v) is 8.14. The predicted molar refractivity (Wildman–Crippen MR) is 81.8 cm³/mol. The molecule has 1 fully saturated rings. The first-order valence-electron chi connectivity index (χ1n) is 7.34. The second kappa shape index (κ2) is 6.99. The molecule has 1 aliphatic carbocycles. The number of rotatable bonds is 6. The van der Waals surface area contributed by atoms with Gasteiger partial charge in [0.15, 0.2) is 0 Å². The maximum Gasteiger partial charge on any atom is 0.137 e. The summed E-state index contributed by atoms with van der Waals surface area (Å²) in [5.74, 6) is -0.683. The molecule has 1 aromatic carbocycles. The van der Waals surface area contributed by atoms with Crippen molar-refractivity contribution >= 4 is 15.9 Å². The molecule has 4 heteroatoms. The molecule has 0 spiro atoms. The SMILES string of the molecule is CNCCC1(CCc2cc(F)c(Br)cc2F)CCCC1. The largest absolute Gasteiger partial charge is 0.320 e. The molecular weight excluding hydrogens is 324 g/mol. The summed E-state index contributed by atoms with van der Waals surface area (Å²) in [6, 6.07) is 2.57. The average Bonchev–Trinajstić information content (AvgIpc) is 2.88. The van der Waals surface area contributed by atoms with E-state index < -0.39 is 0 Å². The standard InChI is InChI=1S/C16H22BrF2N/c1-20-9-8-16(5-2-3-6-16)7-4-12-10-15(19)13(17)11-14(12)18/h10-11,20H,2-9H2,1H3. The lowest BCUT2D eigenvalue weighted by Crippen LogP contribution is -2.23. The van der Waals surface area contributed by atoms with Crippen LogP contribution in [0.3, 0.4) is 0 Å². The first kappa shape index (κ1) is 15.9. The van der Waals surface area contributed by atoms with Gasteiger partial charge in [0.25, 0.3) is 0 Å². The Morgan fingerprint density at radius 3 is 2.50 bits per heavy atom. The number of benzene rings is 1. The Kier molecular flexibility index (Phi) is 5.56. The van der Waals surface area contributed by atoms with Gasteiger partial charge in [-0.1, -0.05) is 12.8 Å². The number of aryl methyl sites for hydroxylation is 1. The minimum absolute atomic E-state index is 0.199. The van der Waals surface area contributed by atoms with E-state index in [2.05, 4.69) is 21.2 Å². The lowest BCUT2D eigenvalue weighted by molar-refractivity contribution is 0.246. The smallest absolute Gasteiger partial charge is 0.137 e. The van der Waals surface area contributed by atoms with E-state index >= 15 is 0 Å². The molecule has 1 aliphatic rings. The Labute approximate surface area is 128 Å². The summed E-state index contributed by atoms with van der Waals surface area (Å²) in [6.45, 7) is 0.997. The maximum absolute atomic E-state index is 13.9. The third kappa shape index (κ3) is 3.79. The number of hydrogen-bond donors (Lipinski definition) is 1. The number of nitrogens with one attached hydrogen (secondary N) is 1. The van der Waals surface area contributed by atoms with E-state index in [0.717, 1.165) is 19.4 Å². The molecule has 0 aliphatic heterocycles. The molecule has 112 valence electrons. The van der Waals surface area contributed by atoms with Crippen molar-refractivity contribution in [2.45, 2.75) is 44.9 Å². The summed E-state index contributed by atoms with van der Waals surface area (Å²) in [4.78, 5) is 0. The van der Waals surface area contributed by atoms with Crippen LogP contribution < -0.4 is 5.32 Å². The molecule has 0 amide bonds. The number of halogens is 3. The van der Waals surface area contributed by atoms with Crippen molar-refractivity contribution in [3.05, 3.63) is 33.8 Å². The van der Waals surface area contributed by atoms with Gasteiger partial charge in [0.2, 0.25) is 0 Å². The predicted octanol–water partition coefficient (Wildman–Crippen LogP) is 4.83. The number of hydrogen-bond acceptors (Lipinski definition) is 1. The highest BCUT2D eigenvalue weighted by atomic mass is 79.9. The topological polar surface area (TPSA) is 12.0 Å². The van der Waals surface area contributed by atoms with Crippen LogP contribution in [0, 0.1) is 17.0 Å². The highest BCUT2D eigenvalue weighted by molar-refractivity contribution is 9.10. The molecule has 0 heterocycles. The molecule has 1 nitrogen and oxygen atoms in total. The van der Waals surface area contributed by atoms with Crippen LogP contribution in [0.1, 0.15) is 44.1 Å². The van der Waals surface area contributed by atoms with Crippen molar-refractivity contribution in [1.29, 1.82) is 0 Å². The van der Waals surface area contributed by atoms with Gasteiger partial charge in [-0.05, 0) is 84.7 Å². The summed E-state index contributed by atoms with van der Waals surface area (Å²) in [5, 5.41) is 3.21. The molecule has 0 bridgehead atoms. The third-order valence-electron chi connectivity index (χ3n) is 4.58. The Morgan fingerprint density at radius 1 is 1.15 bits per heavy atom. The van der Waals surface area contributed by atoms with E-state index in [-0.39, 0.29) is 16.1 Å². The van der Waals surface area contributed by atoms with Crippen LogP contribution in [0.15, 0.2) is 16.6 Å². The van der Waals surface area contributed by atoms with Crippen molar-refractivity contribution in [3.63, 3.8) is 0 Å². The minimum Gasteiger partial charge on any atom is -0.320 e. The van der Waals surface area contributed by atoms with E-state index in [0.29, 0.717) is 17.4 Å². The van der Waals surface area contributed by atoms with E-state index in [1.165, 1.54) is 37.8 Å². The summed E-state index contributed by atoms with van der Waals surface area (Å²) < 4.78 is 27.6. The van der Waals surface area contributed by atoms with Gasteiger partial charge in [0.1, 0.15) is 11.6 Å². The van der Waals surface area contributed by atoms with Gasteiger partial charge in [-0.25, -0.2) is 8.78 Å². The van der Waals surface area contributed by atoms with Crippen molar-refractivity contribution < 1.29 is 8.78 Å². The molecule has 1 N–H and O–H groups in total. The maximum atomic E-state index is 13.9. The van der Waals surface area contributed by atoms with Crippen LogP contribution in [0.4, 0.5) is 8.78 Å². The molecule has 20 heavy (non-hydrogen) atoms. The van der Waals surface area contributed by atoms with Gasteiger partial charge in [-0.15, -0.1) is 0 Å². The van der Waals surface area contributed by atoms with E-state index in [1.807, 2.05) is 7.05 Å².